The number of nitrogens with two attached hydrogens (primary N) is 1. The van der Waals surface area contributed by atoms with Crippen LogP contribution in [0.5, 0.6) is 5.75 Å². The molecule has 11 nitrogen and oxygen atoms in total. The lowest BCUT2D eigenvalue weighted by Crippen LogP contribution is -2.62. The quantitative estimate of drug-likeness (QED) is 0.125. The summed E-state index contributed by atoms with van der Waals surface area (Å²) in [6.07, 6.45) is 0.493. The molecule has 3 aliphatic carbocycles. The number of fused-ring (bicyclic) bond motifs is 2. The van der Waals surface area contributed by atoms with E-state index in [4.69, 9.17) is 15.3 Å². The minimum Gasteiger partial charge on any atom is -0.496 e. The molecule has 2 bridgehead atoms. The SMILES string of the molecule is COc1c(CN2O[C@@H](CO)[C@@H]([C@H](C)O)[C@H]2C(=O)N[C@H]2C[C@H]3C[C@@H]([C@@H]2C)C3(C)C)cccc1-c1cc(C(=O)NCCSSCCN)cc(N(C)C)c1. The number of nitrogens with zero attached hydrogens (tertiary/aromatic N) is 2. The van der Waals surface area contributed by atoms with Crippen molar-refractivity contribution in [2.45, 2.75) is 71.4 Å². The number of hydrogen-bond acceptors (Lipinski definition) is 11. The van der Waals surface area contributed by atoms with Crippen LogP contribution in [0, 0.1) is 29.1 Å². The van der Waals surface area contributed by atoms with Crippen molar-refractivity contribution in [1.82, 2.24) is 15.7 Å². The molecule has 4 fully saturated rings. The number of nitrogens with one attached hydrogen (secondary N) is 2. The molecule has 282 valence electrons. The number of carbonyl (C=O) groups excluding carboxylic acids is 2. The second-order valence-electron chi connectivity index (χ2n) is 15.1. The zero-order valence-corrected chi connectivity index (χ0v) is 32.7. The molecule has 1 heterocycles. The molecule has 2 amide bonds. The zero-order valence-electron chi connectivity index (χ0n) is 31.1. The molecule has 4 aliphatic rings. The lowest BCUT2D eigenvalue weighted by molar-refractivity contribution is -0.183. The Morgan fingerprint density at radius 3 is 2.55 bits per heavy atom. The van der Waals surface area contributed by atoms with Crippen molar-refractivity contribution in [2.75, 3.05) is 57.3 Å². The van der Waals surface area contributed by atoms with Crippen molar-refractivity contribution in [3.63, 3.8) is 0 Å². The van der Waals surface area contributed by atoms with Gasteiger partial charge in [0.15, 0.2) is 0 Å². The maximum atomic E-state index is 14.2. The van der Waals surface area contributed by atoms with Crippen LogP contribution in [-0.2, 0) is 16.2 Å². The molecule has 1 aliphatic heterocycles. The maximum absolute atomic E-state index is 14.2. The summed E-state index contributed by atoms with van der Waals surface area (Å²) in [6, 6.07) is 10.8. The predicted octanol–water partition coefficient (Wildman–Crippen LogP) is 4.16. The highest BCUT2D eigenvalue weighted by Gasteiger charge is 2.57. The van der Waals surface area contributed by atoms with E-state index in [0.29, 0.717) is 42.2 Å². The molecule has 13 heteroatoms. The fourth-order valence-electron chi connectivity index (χ4n) is 8.46. The number of amides is 2. The maximum Gasteiger partial charge on any atom is 0.251 e. The Kier molecular flexibility index (Phi) is 13.3. The van der Waals surface area contributed by atoms with E-state index in [9.17, 15) is 19.8 Å². The number of para-hydroxylation sites is 1. The van der Waals surface area contributed by atoms with Gasteiger partial charge in [-0.15, -0.1) is 0 Å². The molecule has 0 aromatic heterocycles. The molecule has 6 N–H and O–H groups in total. The minimum atomic E-state index is -0.895. The smallest absolute Gasteiger partial charge is 0.251 e. The summed E-state index contributed by atoms with van der Waals surface area (Å²) in [7, 11) is 8.86. The van der Waals surface area contributed by atoms with Gasteiger partial charge in [0, 0.05) is 73.0 Å². The average molecular weight is 744 g/mol. The van der Waals surface area contributed by atoms with Crippen LogP contribution >= 0.6 is 21.6 Å². The van der Waals surface area contributed by atoms with Crippen molar-refractivity contribution in [1.29, 1.82) is 0 Å². The standard InChI is InChI=1S/C38H57N5O6S2/c1-22-30-18-27(38(30,3)4)19-31(22)41-37(47)34-33(23(2)45)32(21-44)49-43(34)20-24-9-8-10-29(35(24)48-7)25-15-26(17-28(16-25)42(5)6)36(46)40-12-14-51-50-13-11-39/h8-10,15-17,22-23,27,30-34,44-45H,11-14,18-21,39H2,1-7H3,(H,40,46)(H,41,47)/t22-,23-,27+,30-,31-,32-,33+,34-/m0/s1. The molecular formula is C38H57N5O6S2. The highest BCUT2D eigenvalue weighted by Crippen LogP contribution is 2.61. The average Bonchev–Trinajstić information content (AvgIpc) is 3.48. The number of aliphatic hydroxyl groups excluding tert-OH is 2. The molecular weight excluding hydrogens is 687 g/mol. The van der Waals surface area contributed by atoms with Gasteiger partial charge in [-0.1, -0.05) is 60.6 Å². The van der Waals surface area contributed by atoms with Crippen molar-refractivity contribution < 1.29 is 29.4 Å². The molecule has 2 aromatic carbocycles. The lowest BCUT2D eigenvalue weighted by Gasteiger charge is -2.62. The second-order valence-corrected chi connectivity index (χ2v) is 17.8. The topological polar surface area (TPSA) is 150 Å². The summed E-state index contributed by atoms with van der Waals surface area (Å²) in [5.41, 5.74) is 9.60. The van der Waals surface area contributed by atoms with Gasteiger partial charge in [0.1, 0.15) is 17.9 Å². The van der Waals surface area contributed by atoms with Crippen molar-refractivity contribution >= 4 is 39.1 Å². The van der Waals surface area contributed by atoms with Crippen molar-refractivity contribution in [3.8, 4) is 16.9 Å². The van der Waals surface area contributed by atoms with E-state index in [1.165, 1.54) is 6.42 Å². The van der Waals surface area contributed by atoms with Crippen LogP contribution in [0.3, 0.4) is 0 Å². The van der Waals surface area contributed by atoms with E-state index >= 15 is 0 Å². The summed E-state index contributed by atoms with van der Waals surface area (Å²) >= 11 is 0. The van der Waals surface area contributed by atoms with Gasteiger partial charge in [0.2, 0.25) is 5.91 Å². The molecule has 8 atom stereocenters. The van der Waals surface area contributed by atoms with Gasteiger partial charge in [0.05, 0.1) is 26.4 Å². The van der Waals surface area contributed by atoms with E-state index in [-0.39, 0.29) is 36.4 Å². The first-order chi connectivity index (χ1) is 24.3. The fraction of sp³-hybridized carbons (Fsp3) is 0.632. The first-order valence-corrected chi connectivity index (χ1v) is 20.5. The van der Waals surface area contributed by atoms with Gasteiger partial charge in [-0.2, -0.15) is 5.06 Å². The van der Waals surface area contributed by atoms with Crippen LogP contribution in [0.2, 0.25) is 0 Å². The van der Waals surface area contributed by atoms with Crippen LogP contribution in [0.1, 0.15) is 56.5 Å². The molecule has 2 aromatic rings. The van der Waals surface area contributed by atoms with Gasteiger partial charge < -0.3 is 36.2 Å². The van der Waals surface area contributed by atoms with Gasteiger partial charge >= 0.3 is 0 Å². The predicted molar refractivity (Wildman–Crippen MR) is 207 cm³/mol. The van der Waals surface area contributed by atoms with Gasteiger partial charge in [-0.05, 0) is 66.7 Å². The number of anilines is 1. The lowest BCUT2D eigenvalue weighted by atomic mass is 9.45. The first-order valence-electron chi connectivity index (χ1n) is 18.1. The van der Waals surface area contributed by atoms with E-state index in [1.807, 2.05) is 55.4 Å². The van der Waals surface area contributed by atoms with E-state index < -0.39 is 24.2 Å². The third-order valence-corrected chi connectivity index (χ3v) is 13.9. The summed E-state index contributed by atoms with van der Waals surface area (Å²) in [6.45, 7) is 9.55. The Balaban J connectivity index is 1.40. The number of benzene rings is 2. The van der Waals surface area contributed by atoms with Crippen molar-refractivity contribution in [2.24, 2.45) is 34.8 Å². The van der Waals surface area contributed by atoms with Gasteiger partial charge in [0.25, 0.3) is 5.91 Å². The summed E-state index contributed by atoms with van der Waals surface area (Å²) in [5, 5.41) is 29.2. The number of methoxy groups -OCH3 is 1. The highest BCUT2D eigenvalue weighted by atomic mass is 33.1. The Bertz CT molecular complexity index is 1530. The third-order valence-electron chi connectivity index (χ3n) is 11.5. The molecule has 51 heavy (non-hydrogen) atoms. The van der Waals surface area contributed by atoms with E-state index in [2.05, 4.69) is 31.4 Å². The molecule has 0 spiro atoms. The Morgan fingerprint density at radius 2 is 1.92 bits per heavy atom. The van der Waals surface area contributed by atoms with Crippen LogP contribution in [0.4, 0.5) is 5.69 Å². The Hall–Kier alpha value is -2.52. The number of rotatable bonds is 16. The van der Waals surface area contributed by atoms with Crippen LogP contribution in [-0.4, -0.2) is 104 Å². The molecule has 6 rings (SSSR count). The number of hydroxylamine groups is 2. The normalized spacial score (nSPS) is 27.4. The summed E-state index contributed by atoms with van der Waals surface area (Å²) < 4.78 is 6.04. The highest BCUT2D eigenvalue weighted by molar-refractivity contribution is 8.76. The third kappa shape index (κ3) is 8.50. The first kappa shape index (κ1) is 39.7. The molecule has 0 radical (unpaired) electrons. The van der Waals surface area contributed by atoms with Crippen molar-refractivity contribution in [3.05, 3.63) is 47.5 Å². The Morgan fingerprint density at radius 1 is 1.18 bits per heavy atom. The number of carbonyl (C=O) groups is 2. The largest absolute Gasteiger partial charge is 0.496 e. The number of ether oxygens (including phenoxy) is 1. The fourth-order valence-corrected chi connectivity index (χ4v) is 10.2. The molecule has 0 unspecified atom stereocenters. The monoisotopic (exact) mass is 743 g/mol. The summed E-state index contributed by atoms with van der Waals surface area (Å²) in [5.74, 6) is 2.70. The molecule has 1 saturated heterocycles. The van der Waals surface area contributed by atoms with Crippen LogP contribution in [0.15, 0.2) is 36.4 Å². The number of hydrogen-bond donors (Lipinski definition) is 5. The minimum absolute atomic E-state index is 0.0426. The van der Waals surface area contributed by atoms with Gasteiger partial charge in [-0.3, -0.25) is 14.4 Å². The van der Waals surface area contributed by atoms with Crippen LogP contribution < -0.4 is 26.0 Å². The Labute approximate surface area is 311 Å². The number of aliphatic hydroxyl groups is 2. The van der Waals surface area contributed by atoms with Gasteiger partial charge in [-0.25, -0.2) is 0 Å². The zero-order chi connectivity index (χ0) is 37.0. The van der Waals surface area contributed by atoms with E-state index in [0.717, 1.165) is 40.3 Å². The second kappa shape index (κ2) is 17.1. The summed E-state index contributed by atoms with van der Waals surface area (Å²) in [4.78, 5) is 35.7. The molecule has 3 saturated carbocycles. The van der Waals surface area contributed by atoms with E-state index in [1.54, 1.807) is 40.7 Å². The van der Waals surface area contributed by atoms with Crippen LogP contribution in [0.25, 0.3) is 11.1 Å².